The highest BCUT2D eigenvalue weighted by molar-refractivity contribution is 5.82. The maximum atomic E-state index is 12.7. The van der Waals surface area contributed by atoms with E-state index in [-0.39, 0.29) is 0 Å². The van der Waals surface area contributed by atoms with Gasteiger partial charge in [0, 0.05) is 12.3 Å². The smallest absolute Gasteiger partial charge is 0.136 e. The quantitative estimate of drug-likeness (QED) is 0.458. The summed E-state index contributed by atoms with van der Waals surface area (Å²) in [6.07, 6.45) is 15.0. The Kier molecular flexibility index (Phi) is 6.02. The number of hydrogen-bond acceptors (Lipinski definition) is 1. The van der Waals surface area contributed by atoms with Crippen molar-refractivity contribution in [2.24, 2.45) is 58.2 Å². The van der Waals surface area contributed by atoms with Crippen molar-refractivity contribution in [1.82, 2.24) is 0 Å². The molecule has 0 spiro atoms. The molecule has 4 rings (SSSR count). The molecule has 0 aromatic carbocycles. The fourth-order valence-corrected chi connectivity index (χ4v) is 9.33. The minimum Gasteiger partial charge on any atom is -0.299 e. The third-order valence-corrected chi connectivity index (χ3v) is 11.0. The molecule has 4 aliphatic rings. The highest BCUT2D eigenvalue weighted by atomic mass is 16.1. The van der Waals surface area contributed by atoms with Gasteiger partial charge in [-0.1, -0.05) is 60.8 Å². The van der Waals surface area contributed by atoms with Gasteiger partial charge in [-0.2, -0.15) is 0 Å². The van der Waals surface area contributed by atoms with E-state index < -0.39 is 0 Å². The maximum absolute atomic E-state index is 12.7. The van der Waals surface area contributed by atoms with Crippen molar-refractivity contribution in [3.63, 3.8) is 0 Å². The molecule has 0 heterocycles. The summed E-state index contributed by atoms with van der Waals surface area (Å²) in [6.45, 7) is 14.7. The first-order chi connectivity index (χ1) is 13.7. The van der Waals surface area contributed by atoms with E-state index in [1.165, 1.54) is 64.2 Å². The number of fused-ring (bicyclic) bond motifs is 5. The molecule has 4 aliphatic carbocycles. The maximum Gasteiger partial charge on any atom is 0.136 e. The molecule has 0 saturated heterocycles. The summed E-state index contributed by atoms with van der Waals surface area (Å²) in [4.78, 5) is 12.7. The molecule has 0 unspecified atom stereocenters. The van der Waals surface area contributed by atoms with Gasteiger partial charge < -0.3 is 0 Å². The SMILES string of the molecule is CC(C)CCC[C@@H](C)[C@H]1CC[C@H]2[C@@H]3CC[C@H]4C[C@@H](C)C(=O)C[C@]4(C)[C@H]3CC[C@]12C. The molecule has 1 nitrogen and oxygen atoms in total. The van der Waals surface area contributed by atoms with Gasteiger partial charge in [-0.05, 0) is 97.2 Å². The molecule has 0 radical (unpaired) electrons. The predicted molar refractivity (Wildman–Crippen MR) is 123 cm³/mol. The van der Waals surface area contributed by atoms with Gasteiger partial charge in [0.1, 0.15) is 5.78 Å². The highest BCUT2D eigenvalue weighted by Crippen LogP contribution is 2.68. The van der Waals surface area contributed by atoms with Crippen molar-refractivity contribution >= 4 is 5.78 Å². The molecule has 4 saturated carbocycles. The summed E-state index contributed by atoms with van der Waals surface area (Å²) >= 11 is 0. The minimum atomic E-state index is 0.314. The Labute approximate surface area is 181 Å². The fraction of sp³-hybridized carbons (Fsp3) is 0.964. The van der Waals surface area contributed by atoms with E-state index in [2.05, 4.69) is 41.5 Å². The van der Waals surface area contributed by atoms with E-state index in [0.29, 0.717) is 22.5 Å². The normalized spacial score (nSPS) is 48.2. The van der Waals surface area contributed by atoms with Crippen LogP contribution in [0, 0.1) is 58.2 Å². The molecule has 0 amide bonds. The molecular weight excluding hydrogens is 352 g/mol. The second kappa shape index (κ2) is 7.98. The summed E-state index contributed by atoms with van der Waals surface area (Å²) in [5, 5.41) is 0. The van der Waals surface area contributed by atoms with Crippen LogP contribution in [0.1, 0.15) is 112 Å². The molecule has 1 heteroatoms. The molecule has 0 aromatic heterocycles. The predicted octanol–water partition coefficient (Wildman–Crippen LogP) is 7.92. The van der Waals surface area contributed by atoms with Gasteiger partial charge >= 0.3 is 0 Å². The molecule has 0 aliphatic heterocycles. The monoisotopic (exact) mass is 400 g/mol. The Balaban J connectivity index is 1.48. The average Bonchev–Trinajstić information content (AvgIpc) is 3.00. The summed E-state index contributed by atoms with van der Waals surface area (Å²) < 4.78 is 0. The molecular formula is C28H48O. The third kappa shape index (κ3) is 3.65. The van der Waals surface area contributed by atoms with Gasteiger partial charge in [0.2, 0.25) is 0 Å². The van der Waals surface area contributed by atoms with Crippen LogP contribution >= 0.6 is 0 Å². The molecule has 0 bridgehead atoms. The second-order valence-corrected chi connectivity index (χ2v) is 13.0. The summed E-state index contributed by atoms with van der Waals surface area (Å²) in [5.74, 6) is 7.06. The Hall–Kier alpha value is -0.330. The van der Waals surface area contributed by atoms with Crippen LogP contribution in [0.4, 0.5) is 0 Å². The molecule has 0 aromatic rings. The second-order valence-electron chi connectivity index (χ2n) is 13.0. The first kappa shape index (κ1) is 21.9. The molecule has 4 fully saturated rings. The number of hydrogen-bond donors (Lipinski definition) is 0. The summed E-state index contributed by atoms with van der Waals surface area (Å²) in [5.41, 5.74) is 0.891. The van der Waals surface area contributed by atoms with Crippen molar-refractivity contribution in [3.8, 4) is 0 Å². The number of carbonyl (C=O) groups excluding carboxylic acids is 1. The van der Waals surface area contributed by atoms with Gasteiger partial charge in [0.25, 0.3) is 0 Å². The van der Waals surface area contributed by atoms with Crippen LogP contribution in [0.2, 0.25) is 0 Å². The Bertz CT molecular complexity index is 607. The van der Waals surface area contributed by atoms with Crippen LogP contribution in [0.3, 0.4) is 0 Å². The summed E-state index contributed by atoms with van der Waals surface area (Å²) in [7, 11) is 0. The Morgan fingerprint density at radius 1 is 0.931 bits per heavy atom. The van der Waals surface area contributed by atoms with Crippen LogP contribution in [0.25, 0.3) is 0 Å². The zero-order valence-corrected chi connectivity index (χ0v) is 20.3. The number of ketones is 1. The van der Waals surface area contributed by atoms with Crippen LogP contribution in [-0.4, -0.2) is 5.78 Å². The van der Waals surface area contributed by atoms with Crippen molar-refractivity contribution in [1.29, 1.82) is 0 Å². The molecule has 0 N–H and O–H groups in total. The third-order valence-electron chi connectivity index (χ3n) is 11.0. The number of carbonyl (C=O) groups is 1. The van der Waals surface area contributed by atoms with E-state index in [4.69, 9.17) is 0 Å². The zero-order chi connectivity index (χ0) is 21.0. The minimum absolute atomic E-state index is 0.314. The molecule has 166 valence electrons. The van der Waals surface area contributed by atoms with Crippen LogP contribution < -0.4 is 0 Å². The van der Waals surface area contributed by atoms with E-state index in [9.17, 15) is 4.79 Å². The molecule has 9 atom stereocenters. The van der Waals surface area contributed by atoms with Crippen LogP contribution in [0.5, 0.6) is 0 Å². The topological polar surface area (TPSA) is 17.1 Å². The van der Waals surface area contributed by atoms with E-state index in [0.717, 1.165) is 47.8 Å². The first-order valence-electron chi connectivity index (χ1n) is 13.2. The lowest BCUT2D eigenvalue weighted by molar-refractivity contribution is -0.148. The zero-order valence-electron chi connectivity index (χ0n) is 20.3. The highest BCUT2D eigenvalue weighted by Gasteiger charge is 2.61. The van der Waals surface area contributed by atoms with E-state index in [1.807, 2.05) is 0 Å². The van der Waals surface area contributed by atoms with E-state index in [1.54, 1.807) is 0 Å². The van der Waals surface area contributed by atoms with Crippen LogP contribution in [0.15, 0.2) is 0 Å². The Morgan fingerprint density at radius 3 is 2.38 bits per heavy atom. The van der Waals surface area contributed by atoms with Gasteiger partial charge in [-0.15, -0.1) is 0 Å². The standard InChI is InChI=1S/C28H48O/c1-18(2)8-7-9-19(3)23-12-13-24-22-11-10-21-16-20(4)26(29)17-28(21,6)25(22)14-15-27(23,24)5/h18-25H,7-17H2,1-6H3/t19-,20-,21+,22+,23-,24+,25+,27-,28+/m1/s1. The lowest BCUT2D eigenvalue weighted by Crippen LogP contribution is -2.55. The van der Waals surface area contributed by atoms with Gasteiger partial charge in [-0.25, -0.2) is 0 Å². The summed E-state index contributed by atoms with van der Waals surface area (Å²) in [6, 6.07) is 0. The van der Waals surface area contributed by atoms with E-state index >= 15 is 0 Å². The molecule has 29 heavy (non-hydrogen) atoms. The number of Topliss-reactive ketones (excluding diaryl/α,β-unsaturated/α-hetero) is 1. The van der Waals surface area contributed by atoms with Crippen molar-refractivity contribution < 1.29 is 4.79 Å². The lowest BCUT2D eigenvalue weighted by Gasteiger charge is -2.61. The fourth-order valence-electron chi connectivity index (χ4n) is 9.33. The van der Waals surface area contributed by atoms with Crippen molar-refractivity contribution in [3.05, 3.63) is 0 Å². The van der Waals surface area contributed by atoms with Gasteiger partial charge in [0.15, 0.2) is 0 Å². The van der Waals surface area contributed by atoms with Crippen molar-refractivity contribution in [2.45, 2.75) is 112 Å². The number of rotatable bonds is 5. The largest absolute Gasteiger partial charge is 0.299 e. The first-order valence-corrected chi connectivity index (χ1v) is 13.2. The van der Waals surface area contributed by atoms with Gasteiger partial charge in [-0.3, -0.25) is 4.79 Å². The van der Waals surface area contributed by atoms with Crippen molar-refractivity contribution in [2.75, 3.05) is 0 Å². The lowest BCUT2D eigenvalue weighted by atomic mass is 9.44. The van der Waals surface area contributed by atoms with Crippen LogP contribution in [-0.2, 0) is 4.79 Å². The average molecular weight is 401 g/mol. The Morgan fingerprint density at radius 2 is 1.66 bits per heavy atom. The van der Waals surface area contributed by atoms with Gasteiger partial charge in [0.05, 0.1) is 0 Å².